The monoisotopic (exact) mass is 400 g/mol. The van der Waals surface area contributed by atoms with Gasteiger partial charge in [0, 0.05) is 17.0 Å². The predicted molar refractivity (Wildman–Crippen MR) is 116 cm³/mol. The maximum atomic E-state index is 11.7. The number of aliphatic hydroxyl groups excluding tert-OH is 1. The summed E-state index contributed by atoms with van der Waals surface area (Å²) in [5.74, 6) is 0.685. The second-order valence-corrected chi connectivity index (χ2v) is 8.27. The van der Waals surface area contributed by atoms with E-state index in [0.717, 1.165) is 16.5 Å². The molecular weight excluding hydrogens is 368 g/mol. The molecule has 2 aromatic rings. The third-order valence-corrected chi connectivity index (χ3v) is 4.86. The maximum absolute atomic E-state index is 11.7. The molecule has 0 saturated carbocycles. The van der Waals surface area contributed by atoms with Crippen LogP contribution in [0.15, 0.2) is 56.8 Å². The molecule has 0 amide bonds. The highest BCUT2D eigenvalue weighted by Gasteiger charge is 2.23. The summed E-state index contributed by atoms with van der Waals surface area (Å²) in [7, 11) is 0. The van der Waals surface area contributed by atoms with Crippen molar-refractivity contribution < 1.29 is 19.4 Å². The minimum absolute atomic E-state index is 0.370. The molecular formula is C24H32O5. The molecule has 0 saturated heterocycles. The van der Waals surface area contributed by atoms with Crippen LogP contribution in [-0.2, 0) is 6.42 Å². The number of aliphatic hydroxyl groups is 2. The summed E-state index contributed by atoms with van der Waals surface area (Å²) in [5, 5.41) is 20.6. The molecule has 1 atom stereocenters. The number of fused-ring (bicyclic) bond motifs is 1. The van der Waals surface area contributed by atoms with Gasteiger partial charge >= 0.3 is 5.63 Å². The number of allylic oxidation sites excluding steroid dienone is 3. The molecule has 1 aromatic carbocycles. The van der Waals surface area contributed by atoms with E-state index in [1.165, 1.54) is 11.6 Å². The normalized spacial score (nSPS) is 13.4. The van der Waals surface area contributed by atoms with E-state index in [2.05, 4.69) is 6.08 Å². The lowest BCUT2D eigenvalue weighted by atomic mass is 9.96. The first kappa shape index (κ1) is 22.9. The highest BCUT2D eigenvalue weighted by atomic mass is 16.5. The van der Waals surface area contributed by atoms with E-state index >= 15 is 0 Å². The fourth-order valence-corrected chi connectivity index (χ4v) is 2.90. The Morgan fingerprint density at radius 1 is 1.17 bits per heavy atom. The lowest BCUT2D eigenvalue weighted by Crippen LogP contribution is -2.35. The van der Waals surface area contributed by atoms with Crippen molar-refractivity contribution in [3.8, 4) is 5.75 Å². The number of benzene rings is 1. The summed E-state index contributed by atoms with van der Waals surface area (Å²) < 4.78 is 11.4. The third-order valence-electron chi connectivity index (χ3n) is 4.86. The molecule has 5 nitrogen and oxygen atoms in total. The van der Waals surface area contributed by atoms with Gasteiger partial charge in [-0.05, 0) is 78.2 Å². The zero-order chi connectivity index (χ0) is 21.6. The summed E-state index contributed by atoms with van der Waals surface area (Å²) in [6.45, 7) is 9.60. The van der Waals surface area contributed by atoms with E-state index in [1.807, 2.05) is 39.0 Å². The highest BCUT2D eigenvalue weighted by molar-refractivity contribution is 5.82. The third kappa shape index (κ3) is 6.87. The van der Waals surface area contributed by atoms with Gasteiger partial charge in [-0.1, -0.05) is 17.2 Å². The lowest BCUT2D eigenvalue weighted by molar-refractivity contribution is -0.0509. The maximum Gasteiger partial charge on any atom is 0.336 e. The lowest BCUT2D eigenvalue weighted by Gasteiger charge is -2.24. The first-order valence-corrected chi connectivity index (χ1v) is 9.96. The van der Waals surface area contributed by atoms with Crippen molar-refractivity contribution in [2.75, 3.05) is 6.61 Å². The van der Waals surface area contributed by atoms with E-state index in [9.17, 15) is 15.0 Å². The Balaban J connectivity index is 2.15. The van der Waals surface area contributed by atoms with Crippen molar-refractivity contribution in [1.29, 1.82) is 0 Å². The van der Waals surface area contributed by atoms with E-state index in [4.69, 9.17) is 9.15 Å². The Labute approximate surface area is 172 Å². The van der Waals surface area contributed by atoms with Gasteiger partial charge in [0.1, 0.15) is 17.9 Å². The smallest absolute Gasteiger partial charge is 0.336 e. The molecule has 0 aliphatic heterocycles. The van der Waals surface area contributed by atoms with E-state index in [-0.39, 0.29) is 5.63 Å². The Morgan fingerprint density at radius 2 is 1.86 bits per heavy atom. The zero-order valence-corrected chi connectivity index (χ0v) is 18.0. The molecule has 0 spiro atoms. The summed E-state index contributed by atoms with van der Waals surface area (Å²) in [5.41, 5.74) is 2.17. The van der Waals surface area contributed by atoms with Gasteiger partial charge in [-0.3, -0.25) is 0 Å². The van der Waals surface area contributed by atoms with Crippen molar-refractivity contribution in [2.45, 2.75) is 65.6 Å². The molecule has 0 unspecified atom stereocenters. The molecule has 2 N–H and O–H groups in total. The van der Waals surface area contributed by atoms with E-state index < -0.39 is 11.7 Å². The van der Waals surface area contributed by atoms with Crippen LogP contribution < -0.4 is 10.4 Å². The topological polar surface area (TPSA) is 79.9 Å². The van der Waals surface area contributed by atoms with E-state index in [0.29, 0.717) is 37.2 Å². The molecule has 0 fully saturated rings. The van der Waals surface area contributed by atoms with Gasteiger partial charge in [-0.25, -0.2) is 4.79 Å². The molecule has 0 aliphatic rings. The fraction of sp³-hybridized carbons (Fsp3) is 0.458. The molecule has 158 valence electrons. The average Bonchev–Trinajstić information content (AvgIpc) is 2.63. The first-order valence-electron chi connectivity index (χ1n) is 9.96. The van der Waals surface area contributed by atoms with Crippen LogP contribution in [0.4, 0.5) is 0 Å². The van der Waals surface area contributed by atoms with Crippen LogP contribution >= 0.6 is 0 Å². The molecule has 5 heteroatoms. The van der Waals surface area contributed by atoms with Gasteiger partial charge in [0.25, 0.3) is 0 Å². The highest BCUT2D eigenvalue weighted by Crippen LogP contribution is 2.28. The SMILES string of the molecule is CC(C)=CCc1c(OCC=C(C)CC[C@H](O)C(C)(C)O)ccc2ccc(=O)oc12. The number of hydrogen-bond donors (Lipinski definition) is 2. The van der Waals surface area contributed by atoms with Crippen molar-refractivity contribution in [3.63, 3.8) is 0 Å². The van der Waals surface area contributed by atoms with Crippen molar-refractivity contribution >= 4 is 11.0 Å². The average molecular weight is 401 g/mol. The molecule has 1 heterocycles. The minimum atomic E-state index is -1.11. The molecule has 0 bridgehead atoms. The standard InChI is InChI=1S/C24H32O5/c1-16(2)6-10-19-20(11-8-18-9-13-22(26)29-23(18)19)28-15-14-17(3)7-12-21(25)24(4,5)27/h6,8-9,11,13-14,21,25,27H,7,10,12,15H2,1-5H3/t21-/m0/s1. The van der Waals surface area contributed by atoms with Gasteiger partial charge in [0.15, 0.2) is 0 Å². The van der Waals surface area contributed by atoms with Crippen molar-refractivity contribution in [1.82, 2.24) is 0 Å². The van der Waals surface area contributed by atoms with Crippen molar-refractivity contribution in [3.05, 3.63) is 63.5 Å². The van der Waals surface area contributed by atoms with Crippen LogP contribution in [-0.4, -0.2) is 28.5 Å². The van der Waals surface area contributed by atoms with Crippen LogP contribution in [0.3, 0.4) is 0 Å². The number of rotatable bonds is 9. The number of ether oxygens (including phenoxy) is 1. The van der Waals surface area contributed by atoms with Gasteiger partial charge in [-0.2, -0.15) is 0 Å². The first-order chi connectivity index (χ1) is 13.6. The van der Waals surface area contributed by atoms with Gasteiger partial charge in [0.2, 0.25) is 0 Å². The predicted octanol–water partition coefficient (Wildman–Crippen LogP) is 4.54. The summed E-state index contributed by atoms with van der Waals surface area (Å²) >= 11 is 0. The molecule has 0 aliphatic carbocycles. The van der Waals surface area contributed by atoms with Crippen molar-refractivity contribution in [2.24, 2.45) is 0 Å². The second kappa shape index (κ2) is 9.90. The Bertz CT molecular complexity index is 940. The largest absolute Gasteiger partial charge is 0.489 e. The second-order valence-electron chi connectivity index (χ2n) is 8.27. The molecule has 0 radical (unpaired) electrons. The molecule has 29 heavy (non-hydrogen) atoms. The summed E-state index contributed by atoms with van der Waals surface area (Å²) in [6, 6.07) is 6.96. The number of hydrogen-bond acceptors (Lipinski definition) is 5. The van der Waals surface area contributed by atoms with Gasteiger partial charge < -0.3 is 19.4 Å². The quantitative estimate of drug-likeness (QED) is 0.477. The van der Waals surface area contributed by atoms with Gasteiger partial charge in [0.05, 0.1) is 11.7 Å². The van der Waals surface area contributed by atoms with E-state index in [1.54, 1.807) is 19.9 Å². The Kier molecular flexibility index (Phi) is 7.82. The van der Waals surface area contributed by atoms with Crippen LogP contribution in [0.25, 0.3) is 11.0 Å². The van der Waals surface area contributed by atoms with Crippen LogP contribution in [0.2, 0.25) is 0 Å². The van der Waals surface area contributed by atoms with Crippen LogP contribution in [0.5, 0.6) is 5.75 Å². The summed E-state index contributed by atoms with van der Waals surface area (Å²) in [4.78, 5) is 11.7. The zero-order valence-electron chi connectivity index (χ0n) is 18.0. The van der Waals surface area contributed by atoms with Crippen LogP contribution in [0, 0.1) is 0 Å². The Morgan fingerprint density at radius 3 is 2.52 bits per heavy atom. The van der Waals surface area contributed by atoms with Gasteiger partial charge in [-0.15, -0.1) is 0 Å². The minimum Gasteiger partial charge on any atom is -0.489 e. The molecule has 1 aromatic heterocycles. The Hall–Kier alpha value is -2.37. The summed E-state index contributed by atoms with van der Waals surface area (Å²) in [6.07, 6.45) is 5.04. The van der Waals surface area contributed by atoms with Crippen LogP contribution in [0.1, 0.15) is 53.0 Å². The fourth-order valence-electron chi connectivity index (χ4n) is 2.90. The molecule has 2 rings (SSSR count).